The van der Waals surface area contributed by atoms with Gasteiger partial charge in [0.15, 0.2) is 0 Å². The summed E-state index contributed by atoms with van der Waals surface area (Å²) in [7, 11) is 0. The quantitative estimate of drug-likeness (QED) is 0.273. The van der Waals surface area contributed by atoms with Crippen LogP contribution in [0.25, 0.3) is 11.1 Å². The standard InChI is InChI=1S/C28H29N3O3S/c1-4-34-28(33)25-23-12-8-9-13-24(23)35-27(25)31-18(2)14-21(19(31)3)15-22(16-29)26(32)30-17-20-10-6-5-7-11-20/h5-7,10-11,14-15H,4,8-9,12-13,17H2,1-3H3,(H,30,32)/b22-15+. The fraction of sp³-hybridized carbons (Fsp3) is 0.321. The van der Waals surface area contributed by atoms with Crippen molar-refractivity contribution < 1.29 is 14.3 Å². The molecule has 1 aromatic carbocycles. The van der Waals surface area contributed by atoms with Crippen molar-refractivity contribution >= 4 is 29.3 Å². The highest BCUT2D eigenvalue weighted by Gasteiger charge is 2.28. The molecule has 1 N–H and O–H groups in total. The number of ether oxygens (including phenoxy) is 1. The largest absolute Gasteiger partial charge is 0.462 e. The molecule has 0 unspecified atom stereocenters. The van der Waals surface area contributed by atoms with Crippen LogP contribution in [0.5, 0.6) is 0 Å². The van der Waals surface area contributed by atoms with E-state index >= 15 is 0 Å². The number of amides is 1. The van der Waals surface area contributed by atoms with Gasteiger partial charge in [0.1, 0.15) is 16.6 Å². The van der Waals surface area contributed by atoms with Gasteiger partial charge < -0.3 is 14.6 Å². The van der Waals surface area contributed by atoms with Crippen LogP contribution in [0.4, 0.5) is 0 Å². The first-order chi connectivity index (χ1) is 16.9. The number of thiophene rings is 1. The molecule has 0 fully saturated rings. The van der Waals surface area contributed by atoms with Crippen molar-refractivity contribution in [3.8, 4) is 11.1 Å². The number of hydrogen-bond acceptors (Lipinski definition) is 5. The van der Waals surface area contributed by atoms with Gasteiger partial charge in [-0.15, -0.1) is 11.3 Å². The number of nitrogens with one attached hydrogen (secondary N) is 1. The molecule has 0 aliphatic heterocycles. The Hall–Kier alpha value is -3.63. The molecule has 0 bridgehead atoms. The third-order valence-corrected chi connectivity index (χ3v) is 7.54. The highest BCUT2D eigenvalue weighted by Crippen LogP contribution is 2.39. The third kappa shape index (κ3) is 5.08. The van der Waals surface area contributed by atoms with Gasteiger partial charge in [0.25, 0.3) is 5.91 Å². The maximum absolute atomic E-state index is 13.0. The van der Waals surface area contributed by atoms with Crippen molar-refractivity contribution in [1.82, 2.24) is 9.88 Å². The van der Waals surface area contributed by atoms with Gasteiger partial charge in [0, 0.05) is 22.8 Å². The summed E-state index contributed by atoms with van der Waals surface area (Å²) in [4.78, 5) is 26.9. The number of benzene rings is 1. The lowest BCUT2D eigenvalue weighted by Gasteiger charge is -2.13. The van der Waals surface area contributed by atoms with Crippen LogP contribution in [0.3, 0.4) is 0 Å². The number of aromatic nitrogens is 1. The molecule has 1 amide bonds. The first-order valence-corrected chi connectivity index (χ1v) is 12.7. The molecule has 0 atom stereocenters. The Morgan fingerprint density at radius 2 is 1.94 bits per heavy atom. The van der Waals surface area contributed by atoms with Gasteiger partial charge in [0.05, 0.1) is 12.2 Å². The summed E-state index contributed by atoms with van der Waals surface area (Å²) in [6, 6.07) is 13.6. The summed E-state index contributed by atoms with van der Waals surface area (Å²) in [6.07, 6.45) is 5.66. The van der Waals surface area contributed by atoms with E-state index < -0.39 is 5.91 Å². The summed E-state index contributed by atoms with van der Waals surface area (Å²) in [6.45, 7) is 6.41. The van der Waals surface area contributed by atoms with E-state index in [1.54, 1.807) is 17.4 Å². The molecule has 6 nitrogen and oxygen atoms in total. The van der Waals surface area contributed by atoms with E-state index in [-0.39, 0.29) is 11.5 Å². The molecule has 1 aliphatic rings. The molecule has 0 saturated heterocycles. The highest BCUT2D eigenvalue weighted by atomic mass is 32.1. The minimum atomic E-state index is -0.417. The molecular weight excluding hydrogens is 458 g/mol. The Kier molecular flexibility index (Phi) is 7.52. The van der Waals surface area contributed by atoms with E-state index in [2.05, 4.69) is 9.88 Å². The zero-order valence-electron chi connectivity index (χ0n) is 20.3. The minimum Gasteiger partial charge on any atom is -0.462 e. The Morgan fingerprint density at radius 1 is 1.20 bits per heavy atom. The minimum absolute atomic E-state index is 0.0391. The van der Waals surface area contributed by atoms with Gasteiger partial charge >= 0.3 is 5.97 Å². The second-order valence-corrected chi connectivity index (χ2v) is 9.70. The SMILES string of the molecule is CCOC(=O)c1c(-n2c(C)cc(/C=C(\C#N)C(=O)NCc3ccccc3)c2C)sc2c1CCCC2. The van der Waals surface area contributed by atoms with E-state index in [9.17, 15) is 14.9 Å². The molecule has 4 rings (SSSR count). The predicted octanol–water partition coefficient (Wildman–Crippen LogP) is 5.43. The van der Waals surface area contributed by atoms with E-state index in [1.807, 2.05) is 63.2 Å². The van der Waals surface area contributed by atoms with E-state index in [0.717, 1.165) is 58.8 Å². The molecule has 0 saturated carbocycles. The maximum atomic E-state index is 13.0. The molecule has 0 radical (unpaired) electrons. The second-order valence-electron chi connectivity index (χ2n) is 8.61. The smallest absolute Gasteiger partial charge is 0.341 e. The number of nitriles is 1. The van der Waals surface area contributed by atoms with E-state index in [1.165, 1.54) is 4.88 Å². The van der Waals surface area contributed by atoms with Crippen molar-refractivity contribution in [2.24, 2.45) is 0 Å². The first kappa shape index (κ1) is 24.5. The second kappa shape index (κ2) is 10.7. The highest BCUT2D eigenvalue weighted by molar-refractivity contribution is 7.15. The molecule has 180 valence electrons. The van der Waals surface area contributed by atoms with Crippen molar-refractivity contribution in [2.45, 2.75) is 53.0 Å². The fourth-order valence-corrected chi connectivity index (χ4v) is 6.03. The summed E-state index contributed by atoms with van der Waals surface area (Å²) >= 11 is 1.64. The third-order valence-electron chi connectivity index (χ3n) is 6.27. The van der Waals surface area contributed by atoms with Crippen molar-refractivity contribution in [3.05, 3.63) is 80.5 Å². The number of hydrogen-bond donors (Lipinski definition) is 1. The normalized spacial score (nSPS) is 13.1. The molecule has 35 heavy (non-hydrogen) atoms. The van der Waals surface area contributed by atoms with E-state index in [0.29, 0.717) is 18.7 Å². The number of aryl methyl sites for hydroxylation is 2. The van der Waals surface area contributed by atoms with Crippen molar-refractivity contribution in [3.63, 3.8) is 0 Å². The molecule has 1 aliphatic carbocycles. The average molecular weight is 488 g/mol. The zero-order chi connectivity index (χ0) is 24.9. The lowest BCUT2D eigenvalue weighted by atomic mass is 9.95. The van der Waals surface area contributed by atoms with Crippen LogP contribution in [0, 0.1) is 25.2 Å². The summed E-state index contributed by atoms with van der Waals surface area (Å²) in [5, 5.41) is 13.4. The number of nitrogens with zero attached hydrogens (tertiary/aromatic N) is 2. The van der Waals surface area contributed by atoms with Crippen LogP contribution in [0.1, 0.15) is 63.1 Å². The van der Waals surface area contributed by atoms with Gasteiger partial charge in [-0.2, -0.15) is 5.26 Å². The average Bonchev–Trinajstić information content (AvgIpc) is 3.37. The van der Waals surface area contributed by atoms with Gasteiger partial charge in [-0.25, -0.2) is 4.79 Å². The molecule has 0 spiro atoms. The van der Waals surface area contributed by atoms with Gasteiger partial charge in [-0.1, -0.05) is 30.3 Å². The van der Waals surface area contributed by atoms with Gasteiger partial charge in [-0.3, -0.25) is 4.79 Å². The fourth-order valence-electron chi connectivity index (χ4n) is 4.55. The first-order valence-electron chi connectivity index (χ1n) is 11.9. The molecule has 2 aromatic heterocycles. The van der Waals surface area contributed by atoms with Crippen LogP contribution in [-0.2, 0) is 28.9 Å². The number of carbonyl (C=O) groups excluding carboxylic acids is 2. The van der Waals surface area contributed by atoms with Crippen LogP contribution in [0.15, 0.2) is 42.0 Å². The zero-order valence-corrected chi connectivity index (χ0v) is 21.1. The van der Waals surface area contributed by atoms with Crippen molar-refractivity contribution in [2.75, 3.05) is 6.61 Å². The Balaban J connectivity index is 1.68. The monoisotopic (exact) mass is 487 g/mol. The number of carbonyl (C=O) groups is 2. The van der Waals surface area contributed by atoms with Crippen molar-refractivity contribution in [1.29, 1.82) is 5.26 Å². The van der Waals surface area contributed by atoms with E-state index in [4.69, 9.17) is 4.74 Å². The molecule has 2 heterocycles. The van der Waals surface area contributed by atoms with Crippen LogP contribution in [-0.4, -0.2) is 23.1 Å². The summed E-state index contributed by atoms with van der Waals surface area (Å²) in [5.74, 6) is -0.704. The van der Waals surface area contributed by atoms with Crippen LogP contribution in [0.2, 0.25) is 0 Å². The topological polar surface area (TPSA) is 84.1 Å². The Labute approximate surface area is 209 Å². The predicted molar refractivity (Wildman–Crippen MR) is 138 cm³/mol. The Morgan fingerprint density at radius 3 is 2.66 bits per heavy atom. The van der Waals surface area contributed by atoms with Crippen LogP contribution < -0.4 is 5.32 Å². The lowest BCUT2D eigenvalue weighted by Crippen LogP contribution is -2.23. The van der Waals surface area contributed by atoms with Crippen LogP contribution >= 0.6 is 11.3 Å². The maximum Gasteiger partial charge on any atom is 0.341 e. The lowest BCUT2D eigenvalue weighted by molar-refractivity contribution is -0.117. The Bertz CT molecular complexity index is 1330. The number of fused-ring (bicyclic) bond motifs is 1. The van der Waals surface area contributed by atoms with Gasteiger partial charge in [-0.05, 0) is 75.3 Å². The molecule has 3 aromatic rings. The van der Waals surface area contributed by atoms with Gasteiger partial charge in [0.2, 0.25) is 0 Å². The summed E-state index contributed by atoms with van der Waals surface area (Å²) in [5.41, 5.74) is 5.34. The number of esters is 1. The summed E-state index contributed by atoms with van der Waals surface area (Å²) < 4.78 is 7.48. The number of rotatable bonds is 7. The molecular formula is C28H29N3O3S. The molecule has 7 heteroatoms.